The molecule has 0 fully saturated rings. The molecule has 6 nitrogen and oxygen atoms in total. The highest BCUT2D eigenvalue weighted by molar-refractivity contribution is 6.09. The van der Waals surface area contributed by atoms with Crippen LogP contribution in [0, 0.1) is 11.2 Å². The molecule has 2 aromatic carbocycles. The molecule has 2 aromatic rings. The van der Waals surface area contributed by atoms with Gasteiger partial charge in [0.25, 0.3) is 5.91 Å². The molecule has 0 spiro atoms. The summed E-state index contributed by atoms with van der Waals surface area (Å²) in [4.78, 5) is 12.3. The Bertz CT molecular complexity index is 850. The molecule has 0 saturated carbocycles. The smallest absolute Gasteiger partial charge is 0.257 e. The van der Waals surface area contributed by atoms with E-state index < -0.39 is 5.91 Å². The van der Waals surface area contributed by atoms with Crippen LogP contribution in [0.4, 0.5) is 4.39 Å². The van der Waals surface area contributed by atoms with Crippen LogP contribution in [0.15, 0.2) is 54.8 Å². The average molecular weight is 372 g/mol. The van der Waals surface area contributed by atoms with Crippen molar-refractivity contribution in [2.45, 2.75) is 26.6 Å². The van der Waals surface area contributed by atoms with Gasteiger partial charge in [-0.15, -0.1) is 0 Å². The fraction of sp³-hybridized carbons (Fsp3) is 0.200. The Morgan fingerprint density at radius 2 is 1.96 bits per heavy atom. The number of carbonyl (C=O) groups excluding carboxylic acids is 1. The van der Waals surface area contributed by atoms with Crippen molar-refractivity contribution in [2.75, 3.05) is 0 Å². The molecule has 0 saturated heterocycles. The number of aliphatic hydroxyl groups excluding tert-OH is 1. The number of hydrogen-bond donors (Lipinski definition) is 3. The third kappa shape index (κ3) is 6.14. The number of amides is 1. The minimum absolute atomic E-state index is 0.0120. The van der Waals surface area contributed by atoms with Gasteiger partial charge in [0, 0.05) is 23.3 Å². The van der Waals surface area contributed by atoms with Crippen molar-refractivity contribution in [3.8, 4) is 11.5 Å². The SMILES string of the molecule is CC(C)Oc1cc(OCc2ccccc2F)cc(C(=O)NC(=N)/C=C\O)c1. The number of carbonyl (C=O) groups is 1. The molecule has 0 aromatic heterocycles. The van der Waals surface area contributed by atoms with E-state index in [1.807, 2.05) is 13.8 Å². The van der Waals surface area contributed by atoms with Gasteiger partial charge in [-0.1, -0.05) is 18.2 Å². The fourth-order valence-electron chi connectivity index (χ4n) is 2.21. The lowest BCUT2D eigenvalue weighted by Crippen LogP contribution is -2.28. The average Bonchev–Trinajstić information content (AvgIpc) is 2.60. The van der Waals surface area contributed by atoms with Gasteiger partial charge < -0.3 is 19.9 Å². The number of halogens is 1. The van der Waals surface area contributed by atoms with E-state index in [-0.39, 0.29) is 29.9 Å². The van der Waals surface area contributed by atoms with Crippen LogP contribution in [-0.2, 0) is 6.61 Å². The molecule has 0 heterocycles. The standard InChI is InChI=1S/C20H21FN2O4/c1-13(2)27-17-10-15(20(25)23-19(22)7-8-24)9-16(11-17)26-12-14-5-3-4-6-18(14)21/h3-11,13,24H,12H2,1-2H3,(H2,22,23,25)/b8-7-. The topological polar surface area (TPSA) is 91.6 Å². The molecule has 142 valence electrons. The first kappa shape index (κ1) is 20.0. The number of hydrogen-bond acceptors (Lipinski definition) is 5. The van der Waals surface area contributed by atoms with Crippen molar-refractivity contribution < 1.29 is 23.8 Å². The van der Waals surface area contributed by atoms with Crippen LogP contribution in [0.3, 0.4) is 0 Å². The summed E-state index contributed by atoms with van der Waals surface area (Å²) in [6.07, 6.45) is 1.56. The van der Waals surface area contributed by atoms with Crippen LogP contribution in [0.25, 0.3) is 0 Å². The van der Waals surface area contributed by atoms with Gasteiger partial charge in [-0.2, -0.15) is 0 Å². The first-order valence-electron chi connectivity index (χ1n) is 8.27. The molecular formula is C20H21FN2O4. The van der Waals surface area contributed by atoms with Crippen LogP contribution < -0.4 is 14.8 Å². The summed E-state index contributed by atoms with van der Waals surface area (Å²) in [5.41, 5.74) is 0.585. The van der Waals surface area contributed by atoms with E-state index >= 15 is 0 Å². The van der Waals surface area contributed by atoms with Crippen molar-refractivity contribution >= 4 is 11.7 Å². The monoisotopic (exact) mass is 372 g/mol. The minimum atomic E-state index is -0.567. The second-order valence-electron chi connectivity index (χ2n) is 5.92. The maximum atomic E-state index is 13.7. The third-order valence-electron chi connectivity index (χ3n) is 3.36. The summed E-state index contributed by atoms with van der Waals surface area (Å²) >= 11 is 0. The van der Waals surface area contributed by atoms with E-state index in [2.05, 4.69) is 5.32 Å². The predicted octanol–water partition coefficient (Wildman–Crippen LogP) is 3.97. The van der Waals surface area contributed by atoms with Gasteiger partial charge in [0.2, 0.25) is 0 Å². The molecule has 1 amide bonds. The van der Waals surface area contributed by atoms with E-state index in [0.29, 0.717) is 23.3 Å². The van der Waals surface area contributed by atoms with Crippen molar-refractivity contribution in [3.05, 3.63) is 71.7 Å². The lowest BCUT2D eigenvalue weighted by Gasteiger charge is -2.14. The number of ether oxygens (including phenoxy) is 2. The maximum absolute atomic E-state index is 13.7. The summed E-state index contributed by atoms with van der Waals surface area (Å²) in [5.74, 6) is -0.486. The molecule has 0 unspecified atom stereocenters. The summed E-state index contributed by atoms with van der Waals surface area (Å²) in [5, 5.41) is 18.5. The van der Waals surface area contributed by atoms with E-state index in [1.165, 1.54) is 18.2 Å². The Morgan fingerprint density at radius 1 is 1.26 bits per heavy atom. The first-order valence-corrected chi connectivity index (χ1v) is 8.27. The summed E-state index contributed by atoms with van der Waals surface area (Å²) < 4.78 is 25.0. The normalized spacial score (nSPS) is 10.8. The summed E-state index contributed by atoms with van der Waals surface area (Å²) in [6, 6.07) is 10.8. The van der Waals surface area contributed by atoms with Crippen molar-refractivity contribution in [1.29, 1.82) is 5.41 Å². The Kier molecular flexibility index (Phi) is 6.93. The second kappa shape index (κ2) is 9.38. The van der Waals surface area contributed by atoms with Gasteiger partial charge in [0.05, 0.1) is 12.4 Å². The van der Waals surface area contributed by atoms with Crippen LogP contribution >= 0.6 is 0 Å². The van der Waals surface area contributed by atoms with E-state index in [0.717, 1.165) is 6.08 Å². The van der Waals surface area contributed by atoms with Crippen LogP contribution in [-0.4, -0.2) is 23.0 Å². The van der Waals surface area contributed by atoms with Crippen LogP contribution in [0.2, 0.25) is 0 Å². The summed E-state index contributed by atoms with van der Waals surface area (Å²) in [6.45, 7) is 3.67. The quantitative estimate of drug-likeness (QED) is 0.390. The van der Waals surface area contributed by atoms with Crippen LogP contribution in [0.1, 0.15) is 29.8 Å². The van der Waals surface area contributed by atoms with Gasteiger partial charge in [-0.25, -0.2) is 4.39 Å². The molecule has 3 N–H and O–H groups in total. The summed E-state index contributed by atoms with van der Waals surface area (Å²) in [7, 11) is 0. The number of nitrogens with one attached hydrogen (secondary N) is 2. The second-order valence-corrected chi connectivity index (χ2v) is 5.92. The van der Waals surface area contributed by atoms with E-state index in [1.54, 1.807) is 24.3 Å². The lowest BCUT2D eigenvalue weighted by atomic mass is 10.1. The van der Waals surface area contributed by atoms with Crippen molar-refractivity contribution in [3.63, 3.8) is 0 Å². The van der Waals surface area contributed by atoms with Crippen LogP contribution in [0.5, 0.6) is 11.5 Å². The molecule has 27 heavy (non-hydrogen) atoms. The molecule has 0 aliphatic heterocycles. The number of amidine groups is 1. The van der Waals surface area contributed by atoms with E-state index in [9.17, 15) is 9.18 Å². The fourth-order valence-corrected chi connectivity index (χ4v) is 2.21. The van der Waals surface area contributed by atoms with Crippen molar-refractivity contribution in [2.24, 2.45) is 0 Å². The largest absolute Gasteiger partial charge is 0.515 e. The Labute approximate surface area is 156 Å². The van der Waals surface area contributed by atoms with Gasteiger partial charge >= 0.3 is 0 Å². The number of aliphatic hydroxyl groups is 1. The first-order chi connectivity index (χ1) is 12.9. The van der Waals surface area contributed by atoms with Gasteiger partial charge in [-0.3, -0.25) is 10.2 Å². The van der Waals surface area contributed by atoms with Gasteiger partial charge in [-0.05, 0) is 32.0 Å². The Hall–Kier alpha value is -3.35. The zero-order chi connectivity index (χ0) is 19.8. The molecule has 0 aliphatic carbocycles. The molecule has 0 atom stereocenters. The highest BCUT2D eigenvalue weighted by Gasteiger charge is 2.13. The van der Waals surface area contributed by atoms with E-state index in [4.69, 9.17) is 20.0 Å². The Balaban J connectivity index is 2.23. The predicted molar refractivity (Wildman–Crippen MR) is 99.9 cm³/mol. The van der Waals surface area contributed by atoms with Crippen molar-refractivity contribution in [1.82, 2.24) is 5.32 Å². The number of rotatable bonds is 7. The highest BCUT2D eigenvalue weighted by atomic mass is 19.1. The maximum Gasteiger partial charge on any atom is 0.257 e. The molecule has 7 heteroatoms. The molecule has 0 radical (unpaired) electrons. The Morgan fingerprint density at radius 3 is 2.63 bits per heavy atom. The zero-order valence-electron chi connectivity index (χ0n) is 15.0. The zero-order valence-corrected chi connectivity index (χ0v) is 15.0. The van der Waals surface area contributed by atoms with Gasteiger partial charge in [0.1, 0.15) is 29.8 Å². The highest BCUT2D eigenvalue weighted by Crippen LogP contribution is 2.25. The van der Waals surface area contributed by atoms with Gasteiger partial charge in [0.15, 0.2) is 0 Å². The molecular weight excluding hydrogens is 351 g/mol. The number of benzene rings is 2. The lowest BCUT2D eigenvalue weighted by molar-refractivity contribution is 0.0975. The molecule has 2 rings (SSSR count). The molecule has 0 bridgehead atoms. The molecule has 0 aliphatic rings. The minimum Gasteiger partial charge on any atom is -0.515 e. The third-order valence-corrected chi connectivity index (χ3v) is 3.36.